The number of nitrogens with zero attached hydrogens (tertiary/aromatic N) is 2. The normalized spacial score (nSPS) is 17.2. The van der Waals surface area contributed by atoms with Gasteiger partial charge in [-0.05, 0) is 11.1 Å². The van der Waals surface area contributed by atoms with Crippen LogP contribution in [0.2, 0.25) is 0 Å². The van der Waals surface area contributed by atoms with Crippen molar-refractivity contribution < 1.29 is 14.7 Å². The fraction of sp³-hybridized carbons (Fsp3) is 0.348. The maximum atomic E-state index is 10.4. The minimum Gasteiger partial charge on any atom is -0.390 e. The molecule has 1 heterocycles. The van der Waals surface area contributed by atoms with E-state index in [4.69, 9.17) is 9.57 Å². The van der Waals surface area contributed by atoms with E-state index in [0.717, 1.165) is 24.2 Å². The van der Waals surface area contributed by atoms with E-state index < -0.39 is 6.10 Å². The molecule has 148 valence electrons. The topological polar surface area (TPSA) is 54.3 Å². The molecule has 0 fully saturated rings. The van der Waals surface area contributed by atoms with Gasteiger partial charge < -0.3 is 14.7 Å². The van der Waals surface area contributed by atoms with Gasteiger partial charge in [-0.2, -0.15) is 0 Å². The van der Waals surface area contributed by atoms with Crippen LogP contribution in [0.25, 0.3) is 0 Å². The second-order valence-corrected chi connectivity index (χ2v) is 7.00. The third-order valence-electron chi connectivity index (χ3n) is 4.57. The van der Waals surface area contributed by atoms with Gasteiger partial charge in [0, 0.05) is 26.1 Å². The lowest BCUT2D eigenvalue weighted by atomic mass is 10.0. The lowest BCUT2D eigenvalue weighted by Crippen LogP contribution is -2.39. The third kappa shape index (κ3) is 6.30. The van der Waals surface area contributed by atoms with Crippen molar-refractivity contribution >= 4 is 5.71 Å². The fourth-order valence-electron chi connectivity index (χ4n) is 3.30. The smallest absolute Gasteiger partial charge is 0.145 e. The average molecular weight is 380 g/mol. The van der Waals surface area contributed by atoms with Crippen LogP contribution in [-0.2, 0) is 16.1 Å². The van der Waals surface area contributed by atoms with Crippen molar-refractivity contribution in [2.75, 3.05) is 26.3 Å². The van der Waals surface area contributed by atoms with Crippen molar-refractivity contribution in [3.8, 4) is 0 Å². The molecule has 0 bridgehead atoms. The van der Waals surface area contributed by atoms with Crippen LogP contribution in [0, 0.1) is 0 Å². The predicted octanol–water partition coefficient (Wildman–Crippen LogP) is 3.25. The van der Waals surface area contributed by atoms with Crippen molar-refractivity contribution in [1.29, 1.82) is 0 Å². The molecule has 0 radical (unpaired) electrons. The molecule has 1 aliphatic heterocycles. The van der Waals surface area contributed by atoms with Gasteiger partial charge in [0.1, 0.15) is 6.10 Å². The minimum absolute atomic E-state index is 0.0276. The van der Waals surface area contributed by atoms with E-state index in [-0.39, 0.29) is 12.7 Å². The quantitative estimate of drug-likeness (QED) is 0.480. The number of hydrogen-bond acceptors (Lipinski definition) is 5. The Hall–Kier alpha value is -2.47. The van der Waals surface area contributed by atoms with Crippen molar-refractivity contribution in [2.24, 2.45) is 5.16 Å². The molecule has 2 atom stereocenters. The first-order valence-electron chi connectivity index (χ1n) is 9.65. The lowest BCUT2D eigenvalue weighted by Gasteiger charge is -2.27. The Kier molecular flexibility index (Phi) is 7.79. The molecule has 0 unspecified atom stereocenters. The number of ether oxygens (including phenoxy) is 1. The highest BCUT2D eigenvalue weighted by atomic mass is 16.6. The van der Waals surface area contributed by atoms with Gasteiger partial charge in [-0.1, -0.05) is 71.9 Å². The van der Waals surface area contributed by atoms with Crippen molar-refractivity contribution in [3.05, 3.63) is 84.4 Å². The zero-order valence-corrected chi connectivity index (χ0v) is 16.1. The Labute approximate surface area is 166 Å². The molecule has 0 amide bonds. The molecule has 3 rings (SSSR count). The molecule has 2 aromatic carbocycles. The summed E-state index contributed by atoms with van der Waals surface area (Å²) in [7, 11) is 0. The highest BCUT2D eigenvalue weighted by Gasteiger charge is 2.25. The van der Waals surface area contributed by atoms with Gasteiger partial charge in [-0.3, -0.25) is 4.90 Å². The van der Waals surface area contributed by atoms with Gasteiger partial charge in [0.25, 0.3) is 0 Å². The van der Waals surface area contributed by atoms with E-state index in [2.05, 4.69) is 28.8 Å². The van der Waals surface area contributed by atoms with Gasteiger partial charge in [0.05, 0.1) is 25.0 Å². The average Bonchev–Trinajstić information content (AvgIpc) is 3.18. The SMILES string of the molecule is C=CCOC[C@@H](O)CN(Cc1ccccc1)C[C@H]1CC(c2ccccc2)=NO1. The number of hydrogen-bond donors (Lipinski definition) is 1. The van der Waals surface area contributed by atoms with E-state index in [0.29, 0.717) is 19.7 Å². The van der Waals surface area contributed by atoms with E-state index in [1.165, 1.54) is 5.56 Å². The zero-order chi connectivity index (χ0) is 19.6. The van der Waals surface area contributed by atoms with Gasteiger partial charge >= 0.3 is 0 Å². The molecule has 0 spiro atoms. The number of aliphatic hydroxyl groups is 1. The summed E-state index contributed by atoms with van der Waals surface area (Å²) in [6, 6.07) is 20.4. The molecule has 2 aromatic rings. The summed E-state index contributed by atoms with van der Waals surface area (Å²) in [6.07, 6.45) is 1.85. The maximum Gasteiger partial charge on any atom is 0.145 e. The highest BCUT2D eigenvalue weighted by molar-refractivity contribution is 6.01. The van der Waals surface area contributed by atoms with Crippen LogP contribution < -0.4 is 0 Å². The van der Waals surface area contributed by atoms with Gasteiger partial charge in [-0.25, -0.2) is 0 Å². The van der Waals surface area contributed by atoms with Crippen LogP contribution in [0.15, 0.2) is 78.5 Å². The standard InChI is InChI=1S/C23H28N2O3/c1-2-13-27-18-21(26)16-25(15-19-9-5-3-6-10-19)17-22-14-23(24-28-22)20-11-7-4-8-12-20/h2-12,21-22,26H,1,13-18H2/t21-,22+/m0/s1. The van der Waals surface area contributed by atoms with Gasteiger partial charge in [0.15, 0.2) is 0 Å². The number of aliphatic hydroxyl groups excluding tert-OH is 1. The largest absolute Gasteiger partial charge is 0.390 e. The van der Waals surface area contributed by atoms with Crippen LogP contribution in [0.3, 0.4) is 0 Å². The first-order valence-corrected chi connectivity index (χ1v) is 9.65. The summed E-state index contributed by atoms with van der Waals surface area (Å²) in [5.74, 6) is 0. The first kappa shape index (κ1) is 20.3. The summed E-state index contributed by atoms with van der Waals surface area (Å²) in [6.45, 7) is 6.29. The summed E-state index contributed by atoms with van der Waals surface area (Å²) >= 11 is 0. The van der Waals surface area contributed by atoms with Crippen molar-refractivity contribution in [3.63, 3.8) is 0 Å². The molecule has 5 nitrogen and oxygen atoms in total. The molecule has 1 N–H and O–H groups in total. The Morgan fingerprint density at radius 3 is 2.61 bits per heavy atom. The Bertz CT molecular complexity index is 749. The van der Waals surface area contributed by atoms with E-state index >= 15 is 0 Å². The molecular weight excluding hydrogens is 352 g/mol. The molecule has 0 aliphatic carbocycles. The summed E-state index contributed by atoms with van der Waals surface area (Å²) in [4.78, 5) is 7.89. The fourth-order valence-corrected chi connectivity index (χ4v) is 3.30. The van der Waals surface area contributed by atoms with Crippen LogP contribution in [0.4, 0.5) is 0 Å². The molecule has 5 heteroatoms. The van der Waals surface area contributed by atoms with Crippen LogP contribution in [0.5, 0.6) is 0 Å². The number of rotatable bonds is 11. The lowest BCUT2D eigenvalue weighted by molar-refractivity contribution is 0.00336. The first-order chi connectivity index (χ1) is 13.7. The number of benzene rings is 2. The molecule has 0 saturated carbocycles. The zero-order valence-electron chi connectivity index (χ0n) is 16.1. The third-order valence-corrected chi connectivity index (χ3v) is 4.57. The van der Waals surface area contributed by atoms with E-state index in [1.54, 1.807) is 6.08 Å². The Balaban J connectivity index is 1.58. The Morgan fingerprint density at radius 1 is 1.18 bits per heavy atom. The van der Waals surface area contributed by atoms with Crippen molar-refractivity contribution in [2.45, 2.75) is 25.2 Å². The molecule has 1 aliphatic rings. The summed E-state index contributed by atoms with van der Waals surface area (Å²) in [5, 5.41) is 14.6. The molecule has 0 aromatic heterocycles. The highest BCUT2D eigenvalue weighted by Crippen LogP contribution is 2.18. The number of oxime groups is 1. The van der Waals surface area contributed by atoms with Gasteiger partial charge in [0.2, 0.25) is 0 Å². The predicted molar refractivity (Wildman–Crippen MR) is 111 cm³/mol. The van der Waals surface area contributed by atoms with Crippen LogP contribution in [-0.4, -0.2) is 54.2 Å². The van der Waals surface area contributed by atoms with E-state index in [9.17, 15) is 5.11 Å². The van der Waals surface area contributed by atoms with Crippen molar-refractivity contribution in [1.82, 2.24) is 4.90 Å². The van der Waals surface area contributed by atoms with Crippen LogP contribution >= 0.6 is 0 Å². The second kappa shape index (κ2) is 10.8. The molecule has 28 heavy (non-hydrogen) atoms. The molecule has 0 saturated heterocycles. The van der Waals surface area contributed by atoms with Gasteiger partial charge in [-0.15, -0.1) is 6.58 Å². The second-order valence-electron chi connectivity index (χ2n) is 7.00. The minimum atomic E-state index is -0.570. The summed E-state index contributed by atoms with van der Waals surface area (Å²) < 4.78 is 5.39. The summed E-state index contributed by atoms with van der Waals surface area (Å²) in [5.41, 5.74) is 3.27. The van der Waals surface area contributed by atoms with E-state index in [1.807, 2.05) is 48.5 Å². The Morgan fingerprint density at radius 2 is 1.89 bits per heavy atom. The monoisotopic (exact) mass is 380 g/mol. The molecular formula is C23H28N2O3. The van der Waals surface area contributed by atoms with Crippen LogP contribution in [0.1, 0.15) is 17.5 Å². The maximum absolute atomic E-state index is 10.4.